The molecular weight excluding hydrogens is 497 g/mol. The van der Waals surface area contributed by atoms with Crippen molar-refractivity contribution in [2.45, 2.75) is 39.1 Å². The summed E-state index contributed by atoms with van der Waals surface area (Å²) in [7, 11) is 0. The summed E-state index contributed by atoms with van der Waals surface area (Å²) in [5, 5.41) is 3.47. The fourth-order valence-electron chi connectivity index (χ4n) is 4.00. The number of likely N-dealkylation sites (tertiary alicyclic amines) is 1. The maximum atomic E-state index is 6.12. The van der Waals surface area contributed by atoms with Gasteiger partial charge in [0, 0.05) is 37.6 Å². The maximum absolute atomic E-state index is 6.12. The summed E-state index contributed by atoms with van der Waals surface area (Å²) in [5.41, 5.74) is 4.34. The fraction of sp³-hybridized carbons (Fsp3) is 0.524. The molecule has 0 bridgehead atoms. The van der Waals surface area contributed by atoms with Crippen LogP contribution in [0.25, 0.3) is 0 Å². The number of aromatic nitrogens is 1. The number of aliphatic imine (C=N–C) groups is 1. The van der Waals surface area contributed by atoms with E-state index in [0.29, 0.717) is 12.6 Å². The van der Waals surface area contributed by atoms with Crippen molar-refractivity contribution < 1.29 is 4.74 Å². The molecule has 2 aliphatic rings. The van der Waals surface area contributed by atoms with E-state index in [1.165, 1.54) is 10.4 Å². The fourth-order valence-corrected chi connectivity index (χ4v) is 4.70. The van der Waals surface area contributed by atoms with Crippen molar-refractivity contribution in [3.05, 3.63) is 52.0 Å². The van der Waals surface area contributed by atoms with Crippen molar-refractivity contribution in [1.82, 2.24) is 20.1 Å². The first-order chi connectivity index (χ1) is 13.7. The Labute approximate surface area is 194 Å². The standard InChI is InChI=1S/C21H29N5OS.HI/c1-3-22-21(23-11-20-16(2)24-15-28-20)26-13-18-19(14-26)27-10-9-25(18)12-17-7-5-4-6-8-17;/h4-8,15,18-19H,3,9-14H2,1-2H3,(H,22,23);1H. The van der Waals surface area contributed by atoms with Gasteiger partial charge in [-0.1, -0.05) is 30.3 Å². The van der Waals surface area contributed by atoms with Crippen molar-refractivity contribution in [3.8, 4) is 0 Å². The predicted molar refractivity (Wildman–Crippen MR) is 129 cm³/mol. The third-order valence-electron chi connectivity index (χ3n) is 5.50. The van der Waals surface area contributed by atoms with E-state index in [2.05, 4.69) is 57.4 Å². The van der Waals surface area contributed by atoms with Crippen LogP contribution in [0.5, 0.6) is 0 Å². The van der Waals surface area contributed by atoms with Crippen LogP contribution >= 0.6 is 35.3 Å². The number of hydrogen-bond donors (Lipinski definition) is 1. The van der Waals surface area contributed by atoms with Gasteiger partial charge in [0.1, 0.15) is 0 Å². The molecule has 0 saturated carbocycles. The zero-order chi connectivity index (χ0) is 19.3. The number of thiazole rings is 1. The molecule has 1 N–H and O–H groups in total. The Kier molecular flexibility index (Phi) is 8.28. The van der Waals surface area contributed by atoms with E-state index in [-0.39, 0.29) is 30.1 Å². The molecule has 1 aromatic heterocycles. The molecule has 2 saturated heterocycles. The molecule has 2 unspecified atom stereocenters. The van der Waals surface area contributed by atoms with Crippen LogP contribution in [-0.2, 0) is 17.8 Å². The van der Waals surface area contributed by atoms with Crippen LogP contribution < -0.4 is 5.32 Å². The number of benzene rings is 1. The summed E-state index contributed by atoms with van der Waals surface area (Å²) >= 11 is 1.68. The van der Waals surface area contributed by atoms with Crippen LogP contribution in [0.4, 0.5) is 0 Å². The minimum absolute atomic E-state index is 0. The second-order valence-electron chi connectivity index (χ2n) is 7.37. The first-order valence-corrected chi connectivity index (χ1v) is 10.9. The van der Waals surface area contributed by atoms with Crippen molar-refractivity contribution in [1.29, 1.82) is 0 Å². The van der Waals surface area contributed by atoms with Gasteiger partial charge in [-0.25, -0.2) is 9.98 Å². The molecule has 8 heteroatoms. The first-order valence-electron chi connectivity index (χ1n) is 10.1. The van der Waals surface area contributed by atoms with E-state index in [9.17, 15) is 0 Å². The second-order valence-corrected chi connectivity index (χ2v) is 8.31. The molecule has 4 rings (SSSR count). The molecule has 29 heavy (non-hydrogen) atoms. The number of guanidine groups is 1. The zero-order valence-corrected chi connectivity index (χ0v) is 20.2. The average molecular weight is 527 g/mol. The molecule has 1 aromatic carbocycles. The minimum Gasteiger partial charge on any atom is -0.373 e. The third-order valence-corrected chi connectivity index (χ3v) is 6.42. The zero-order valence-electron chi connectivity index (χ0n) is 17.1. The summed E-state index contributed by atoms with van der Waals surface area (Å²) in [4.78, 5) is 15.4. The van der Waals surface area contributed by atoms with E-state index in [1.807, 2.05) is 12.4 Å². The van der Waals surface area contributed by atoms with Crippen LogP contribution in [-0.4, -0.2) is 65.7 Å². The quantitative estimate of drug-likeness (QED) is 0.368. The molecular formula is C21H30IN5OS. The molecule has 158 valence electrons. The van der Waals surface area contributed by atoms with Gasteiger partial charge in [0.25, 0.3) is 0 Å². The average Bonchev–Trinajstić information content (AvgIpc) is 3.33. The van der Waals surface area contributed by atoms with Gasteiger partial charge in [-0.05, 0) is 19.4 Å². The van der Waals surface area contributed by atoms with Crippen LogP contribution in [0.2, 0.25) is 0 Å². The number of aryl methyl sites for hydroxylation is 1. The number of morpholine rings is 1. The van der Waals surface area contributed by atoms with Gasteiger partial charge < -0.3 is 15.0 Å². The number of rotatable bonds is 5. The molecule has 2 aliphatic heterocycles. The van der Waals surface area contributed by atoms with Gasteiger partial charge in [-0.15, -0.1) is 35.3 Å². The highest BCUT2D eigenvalue weighted by atomic mass is 127. The molecule has 0 aliphatic carbocycles. The van der Waals surface area contributed by atoms with Crippen molar-refractivity contribution >= 4 is 41.3 Å². The minimum atomic E-state index is 0. The molecule has 2 aromatic rings. The Balaban J connectivity index is 0.00000240. The Morgan fingerprint density at radius 1 is 1.31 bits per heavy atom. The summed E-state index contributed by atoms with van der Waals surface area (Å²) in [5.74, 6) is 0.980. The molecule has 0 spiro atoms. The summed E-state index contributed by atoms with van der Waals surface area (Å²) in [6.07, 6.45) is 0.242. The molecule has 2 atom stereocenters. The van der Waals surface area contributed by atoms with Gasteiger partial charge in [-0.2, -0.15) is 0 Å². The predicted octanol–water partition coefficient (Wildman–Crippen LogP) is 3.12. The molecule has 3 heterocycles. The summed E-state index contributed by atoms with van der Waals surface area (Å²) in [6, 6.07) is 11.1. The molecule has 2 fully saturated rings. The molecule has 0 radical (unpaired) electrons. The van der Waals surface area contributed by atoms with Gasteiger partial charge in [0.15, 0.2) is 5.96 Å². The van der Waals surface area contributed by atoms with E-state index in [0.717, 1.165) is 51.0 Å². The lowest BCUT2D eigenvalue weighted by atomic mass is 10.1. The van der Waals surface area contributed by atoms with Crippen molar-refractivity contribution in [2.75, 3.05) is 32.8 Å². The third kappa shape index (κ3) is 5.48. The number of fused-ring (bicyclic) bond motifs is 1. The smallest absolute Gasteiger partial charge is 0.194 e. The van der Waals surface area contributed by atoms with Crippen molar-refractivity contribution in [2.24, 2.45) is 4.99 Å². The van der Waals surface area contributed by atoms with Crippen LogP contribution in [0.15, 0.2) is 40.8 Å². The largest absolute Gasteiger partial charge is 0.373 e. The lowest BCUT2D eigenvalue weighted by Crippen LogP contribution is -2.50. The Morgan fingerprint density at radius 3 is 2.86 bits per heavy atom. The number of hydrogen-bond acceptors (Lipinski definition) is 5. The van der Waals surface area contributed by atoms with Gasteiger partial charge in [-0.3, -0.25) is 4.90 Å². The first kappa shape index (κ1) is 22.5. The lowest BCUT2D eigenvalue weighted by Gasteiger charge is -2.36. The Morgan fingerprint density at radius 2 is 2.14 bits per heavy atom. The van der Waals surface area contributed by atoms with Gasteiger partial charge >= 0.3 is 0 Å². The van der Waals surface area contributed by atoms with Gasteiger partial charge in [0.05, 0.1) is 36.5 Å². The van der Waals surface area contributed by atoms with E-state index < -0.39 is 0 Å². The summed E-state index contributed by atoms with van der Waals surface area (Å²) in [6.45, 7) is 10.3. The number of nitrogens with one attached hydrogen (secondary N) is 1. The highest BCUT2D eigenvalue weighted by Crippen LogP contribution is 2.25. The Bertz CT molecular complexity index is 799. The Hall–Kier alpha value is -1.23. The monoisotopic (exact) mass is 527 g/mol. The van der Waals surface area contributed by atoms with Crippen molar-refractivity contribution in [3.63, 3.8) is 0 Å². The number of halogens is 1. The highest BCUT2D eigenvalue weighted by molar-refractivity contribution is 14.0. The normalized spacial score (nSPS) is 22.3. The molecule has 6 nitrogen and oxygen atoms in total. The van der Waals surface area contributed by atoms with E-state index >= 15 is 0 Å². The number of nitrogens with zero attached hydrogens (tertiary/aromatic N) is 4. The van der Waals surface area contributed by atoms with Crippen LogP contribution in [0.1, 0.15) is 23.1 Å². The van der Waals surface area contributed by atoms with E-state index in [4.69, 9.17) is 9.73 Å². The SMILES string of the molecule is CCNC(=NCc1scnc1C)N1CC2OCCN(Cc3ccccc3)C2C1.I. The van der Waals surface area contributed by atoms with Crippen LogP contribution in [0.3, 0.4) is 0 Å². The lowest BCUT2D eigenvalue weighted by molar-refractivity contribution is -0.0502. The van der Waals surface area contributed by atoms with E-state index in [1.54, 1.807) is 11.3 Å². The topological polar surface area (TPSA) is 53.0 Å². The second kappa shape index (κ2) is 10.7. The summed E-state index contributed by atoms with van der Waals surface area (Å²) < 4.78 is 6.12. The maximum Gasteiger partial charge on any atom is 0.194 e. The highest BCUT2D eigenvalue weighted by Gasteiger charge is 2.41. The molecule has 0 amide bonds. The van der Waals surface area contributed by atoms with Crippen LogP contribution in [0, 0.1) is 6.92 Å². The number of ether oxygens (including phenoxy) is 1. The van der Waals surface area contributed by atoms with Gasteiger partial charge in [0.2, 0.25) is 0 Å².